The van der Waals surface area contributed by atoms with Crippen LogP contribution in [0.5, 0.6) is 0 Å². The smallest absolute Gasteiger partial charge is 0.191 e. The van der Waals surface area contributed by atoms with Gasteiger partial charge in [0.25, 0.3) is 0 Å². The van der Waals surface area contributed by atoms with Crippen LogP contribution >= 0.6 is 0 Å². The van der Waals surface area contributed by atoms with Crippen LogP contribution in [-0.4, -0.2) is 38.8 Å². The molecule has 1 saturated carbocycles. The lowest BCUT2D eigenvalue weighted by atomic mass is 10.2. The molecule has 2 rings (SSSR count). The summed E-state index contributed by atoms with van der Waals surface area (Å²) in [6.07, 6.45) is 6.19. The van der Waals surface area contributed by atoms with E-state index in [2.05, 4.69) is 22.5 Å². The Hall–Kier alpha value is -1.49. The van der Waals surface area contributed by atoms with Crippen LogP contribution in [0.1, 0.15) is 31.9 Å². The molecule has 1 atom stereocenters. The third-order valence-electron chi connectivity index (χ3n) is 3.60. The number of methoxy groups -OCH3 is 1. The van der Waals surface area contributed by atoms with Crippen molar-refractivity contribution in [2.75, 3.05) is 26.8 Å². The minimum absolute atomic E-state index is 0.363. The zero-order chi connectivity index (χ0) is 14.9. The van der Waals surface area contributed by atoms with Crippen LogP contribution in [0, 0.1) is 5.92 Å². The second kappa shape index (κ2) is 8.72. The number of hydrogen-bond donors (Lipinski definition) is 2. The minimum Gasteiger partial charge on any atom is -0.469 e. The van der Waals surface area contributed by atoms with Crippen molar-refractivity contribution in [2.24, 2.45) is 10.9 Å². The number of guanidine groups is 1. The molecule has 21 heavy (non-hydrogen) atoms. The first-order chi connectivity index (χ1) is 10.3. The average Bonchev–Trinajstić information content (AvgIpc) is 3.21. The first-order valence-electron chi connectivity index (χ1n) is 7.89. The highest BCUT2D eigenvalue weighted by Crippen LogP contribution is 2.32. The lowest BCUT2D eigenvalue weighted by Crippen LogP contribution is -2.47. The van der Waals surface area contributed by atoms with E-state index < -0.39 is 0 Å². The number of aliphatic imine (C=N–C) groups is 1. The number of rotatable bonds is 9. The molecule has 1 aliphatic rings. The van der Waals surface area contributed by atoms with Gasteiger partial charge in [-0.15, -0.1) is 0 Å². The molecule has 118 valence electrons. The third-order valence-corrected chi connectivity index (χ3v) is 3.60. The molecular weight excluding hydrogens is 266 g/mol. The van der Waals surface area contributed by atoms with Crippen molar-refractivity contribution >= 4 is 5.96 Å². The monoisotopic (exact) mass is 293 g/mol. The molecule has 5 nitrogen and oxygen atoms in total. The highest BCUT2D eigenvalue weighted by Gasteiger charge is 2.31. The predicted molar refractivity (Wildman–Crippen MR) is 84.5 cm³/mol. The van der Waals surface area contributed by atoms with E-state index in [1.807, 2.05) is 12.1 Å². The fraction of sp³-hybridized carbons (Fsp3) is 0.688. The molecule has 2 N–H and O–H groups in total. The molecule has 0 aromatic carbocycles. The Morgan fingerprint density at radius 3 is 3.00 bits per heavy atom. The largest absolute Gasteiger partial charge is 0.469 e. The van der Waals surface area contributed by atoms with Crippen LogP contribution in [0.25, 0.3) is 0 Å². The topological polar surface area (TPSA) is 58.8 Å². The Morgan fingerprint density at radius 2 is 2.38 bits per heavy atom. The maximum atomic E-state index is 5.34. The Kier molecular flexibility index (Phi) is 6.60. The minimum atomic E-state index is 0.363. The fourth-order valence-electron chi connectivity index (χ4n) is 2.28. The summed E-state index contributed by atoms with van der Waals surface area (Å²) < 4.78 is 10.7. The van der Waals surface area contributed by atoms with Crippen molar-refractivity contribution < 1.29 is 9.15 Å². The Labute approximate surface area is 127 Å². The van der Waals surface area contributed by atoms with Gasteiger partial charge in [-0.1, -0.05) is 6.92 Å². The van der Waals surface area contributed by atoms with Crippen LogP contribution in [0.3, 0.4) is 0 Å². The van der Waals surface area contributed by atoms with Crippen LogP contribution in [0.2, 0.25) is 0 Å². The summed E-state index contributed by atoms with van der Waals surface area (Å²) in [5.41, 5.74) is 0. The van der Waals surface area contributed by atoms with Crippen molar-refractivity contribution in [3.63, 3.8) is 0 Å². The maximum absolute atomic E-state index is 5.34. The van der Waals surface area contributed by atoms with Crippen molar-refractivity contribution in [3.8, 4) is 0 Å². The van der Waals surface area contributed by atoms with Crippen LogP contribution < -0.4 is 10.6 Å². The molecule has 0 aliphatic heterocycles. The molecule has 0 spiro atoms. The zero-order valence-electron chi connectivity index (χ0n) is 13.1. The normalized spacial score (nSPS) is 16.8. The van der Waals surface area contributed by atoms with Gasteiger partial charge in [-0.05, 0) is 37.3 Å². The molecule has 5 heteroatoms. The molecule has 0 radical (unpaired) electrons. The molecule has 1 aliphatic carbocycles. The van der Waals surface area contributed by atoms with Gasteiger partial charge in [0.05, 0.1) is 18.9 Å². The number of hydrogen-bond acceptors (Lipinski definition) is 3. The quantitative estimate of drug-likeness (QED) is 0.541. The lowest BCUT2D eigenvalue weighted by molar-refractivity contribution is 0.165. The second-order valence-corrected chi connectivity index (χ2v) is 5.53. The van der Waals surface area contributed by atoms with Gasteiger partial charge in [-0.3, -0.25) is 4.99 Å². The SMILES string of the molecule is CCCN=C(NCCc1ccco1)NC(COC)C1CC1. The van der Waals surface area contributed by atoms with E-state index in [9.17, 15) is 0 Å². The first-order valence-corrected chi connectivity index (χ1v) is 7.89. The van der Waals surface area contributed by atoms with E-state index in [1.54, 1.807) is 13.4 Å². The molecular formula is C16H27N3O2. The van der Waals surface area contributed by atoms with Crippen LogP contribution in [0.4, 0.5) is 0 Å². The zero-order valence-corrected chi connectivity index (χ0v) is 13.1. The number of furan rings is 1. The molecule has 1 unspecified atom stereocenters. The van der Waals surface area contributed by atoms with Gasteiger partial charge >= 0.3 is 0 Å². The molecule has 1 heterocycles. The first kappa shape index (κ1) is 15.9. The summed E-state index contributed by atoms with van der Waals surface area (Å²) in [6.45, 7) is 4.51. The van der Waals surface area contributed by atoms with Crippen LogP contribution in [0.15, 0.2) is 27.8 Å². The molecule has 0 amide bonds. The van der Waals surface area contributed by atoms with Gasteiger partial charge in [-0.2, -0.15) is 0 Å². The highest BCUT2D eigenvalue weighted by molar-refractivity contribution is 5.80. The molecule has 1 fully saturated rings. The van der Waals surface area contributed by atoms with E-state index >= 15 is 0 Å². The van der Waals surface area contributed by atoms with Gasteiger partial charge in [0.15, 0.2) is 5.96 Å². The predicted octanol–water partition coefficient (Wildman–Crippen LogP) is 2.19. The van der Waals surface area contributed by atoms with Crippen molar-refractivity contribution in [1.82, 2.24) is 10.6 Å². The summed E-state index contributed by atoms with van der Waals surface area (Å²) in [4.78, 5) is 4.60. The molecule has 0 saturated heterocycles. The summed E-state index contributed by atoms with van der Waals surface area (Å²) in [7, 11) is 1.75. The number of ether oxygens (including phenoxy) is 1. The van der Waals surface area contributed by atoms with Crippen LogP contribution in [-0.2, 0) is 11.2 Å². The summed E-state index contributed by atoms with van der Waals surface area (Å²) >= 11 is 0. The number of nitrogens with zero attached hydrogens (tertiary/aromatic N) is 1. The fourth-order valence-corrected chi connectivity index (χ4v) is 2.28. The highest BCUT2D eigenvalue weighted by atomic mass is 16.5. The second-order valence-electron chi connectivity index (χ2n) is 5.53. The molecule has 1 aromatic rings. The van der Waals surface area contributed by atoms with E-state index in [0.29, 0.717) is 6.04 Å². The van der Waals surface area contributed by atoms with Crippen molar-refractivity contribution in [3.05, 3.63) is 24.2 Å². The Bertz CT molecular complexity index is 413. The van der Waals surface area contributed by atoms with Crippen molar-refractivity contribution in [2.45, 2.75) is 38.6 Å². The molecule has 1 aromatic heterocycles. The summed E-state index contributed by atoms with van der Waals surface area (Å²) in [5, 5.41) is 6.90. The average molecular weight is 293 g/mol. The van der Waals surface area contributed by atoms with E-state index in [0.717, 1.165) is 50.2 Å². The summed E-state index contributed by atoms with van der Waals surface area (Å²) in [6, 6.07) is 4.28. The van der Waals surface area contributed by atoms with E-state index in [1.165, 1.54) is 12.8 Å². The van der Waals surface area contributed by atoms with Gasteiger partial charge in [0.2, 0.25) is 0 Å². The Morgan fingerprint density at radius 1 is 1.52 bits per heavy atom. The van der Waals surface area contributed by atoms with E-state index in [4.69, 9.17) is 9.15 Å². The summed E-state index contributed by atoms with van der Waals surface area (Å²) in [5.74, 6) is 2.61. The van der Waals surface area contributed by atoms with Gasteiger partial charge in [-0.25, -0.2) is 0 Å². The molecule has 0 bridgehead atoms. The maximum Gasteiger partial charge on any atom is 0.191 e. The number of nitrogens with one attached hydrogen (secondary N) is 2. The Balaban J connectivity index is 1.81. The van der Waals surface area contributed by atoms with Crippen molar-refractivity contribution in [1.29, 1.82) is 0 Å². The van der Waals surface area contributed by atoms with Gasteiger partial charge in [0.1, 0.15) is 5.76 Å². The third kappa shape index (κ3) is 5.79. The standard InChI is InChI=1S/C16H27N3O2/c1-3-9-17-16(18-10-8-14-5-4-11-21-14)19-15(12-20-2)13-6-7-13/h4-5,11,13,15H,3,6-10,12H2,1-2H3,(H2,17,18,19). The van der Waals surface area contributed by atoms with Gasteiger partial charge < -0.3 is 19.8 Å². The van der Waals surface area contributed by atoms with E-state index in [-0.39, 0.29) is 0 Å². The lowest BCUT2D eigenvalue weighted by Gasteiger charge is -2.21. The van der Waals surface area contributed by atoms with Gasteiger partial charge in [0, 0.05) is 26.6 Å².